The first-order valence-corrected chi connectivity index (χ1v) is 7.30. The molecule has 0 aliphatic rings. The number of aromatic nitrogens is 2. The molecule has 0 radical (unpaired) electrons. The Morgan fingerprint density at radius 3 is 2.62 bits per heavy atom. The number of carboxylic acid groups (broad SMARTS) is 1. The van der Waals surface area contributed by atoms with Gasteiger partial charge in [-0.3, -0.25) is 4.79 Å². The smallest absolute Gasteiger partial charge is 0.354 e. The van der Waals surface area contributed by atoms with Crippen LogP contribution in [0.2, 0.25) is 0 Å². The first kappa shape index (κ1) is 17.2. The minimum atomic E-state index is -1.26. The first-order chi connectivity index (χ1) is 11.3. The number of nitrogens with one attached hydrogen (secondary N) is 1. The SMILES string of the molecule is CC(C)(C#N)CCOc1ccc(-c2nc(C(=O)O)cc(=O)[nH]2)cc1. The highest BCUT2D eigenvalue weighted by Gasteiger charge is 2.16. The standard InChI is InChI=1S/C17H17N3O4/c1-17(2,10-18)7-8-24-12-5-3-11(4-6-12)15-19-13(16(22)23)9-14(21)20-15/h3-6,9H,7-8H2,1-2H3,(H,22,23)(H,19,20,21). The lowest BCUT2D eigenvalue weighted by Crippen LogP contribution is -2.13. The number of nitrogens with zero attached hydrogens (tertiary/aromatic N) is 2. The predicted octanol–water partition coefficient (Wildman–Crippen LogP) is 2.45. The van der Waals surface area contributed by atoms with Gasteiger partial charge in [0.25, 0.3) is 5.56 Å². The zero-order valence-corrected chi connectivity index (χ0v) is 13.4. The van der Waals surface area contributed by atoms with E-state index >= 15 is 0 Å². The summed E-state index contributed by atoms with van der Waals surface area (Å²) in [4.78, 5) is 28.9. The van der Waals surface area contributed by atoms with E-state index in [9.17, 15) is 9.59 Å². The van der Waals surface area contributed by atoms with E-state index in [1.807, 2.05) is 13.8 Å². The number of hydrogen-bond acceptors (Lipinski definition) is 5. The van der Waals surface area contributed by atoms with Crippen molar-refractivity contribution < 1.29 is 14.6 Å². The molecule has 0 atom stereocenters. The number of carboxylic acids is 1. The predicted molar refractivity (Wildman–Crippen MR) is 86.8 cm³/mol. The fourth-order valence-electron chi connectivity index (χ4n) is 1.89. The lowest BCUT2D eigenvalue weighted by molar-refractivity contribution is 0.0690. The average molecular weight is 327 g/mol. The van der Waals surface area contributed by atoms with Crippen molar-refractivity contribution in [3.05, 3.63) is 46.4 Å². The number of benzene rings is 1. The quantitative estimate of drug-likeness (QED) is 0.842. The van der Waals surface area contributed by atoms with Gasteiger partial charge < -0.3 is 14.8 Å². The zero-order valence-electron chi connectivity index (χ0n) is 13.4. The van der Waals surface area contributed by atoms with E-state index in [1.165, 1.54) is 0 Å². The van der Waals surface area contributed by atoms with Crippen LogP contribution in [-0.4, -0.2) is 27.7 Å². The van der Waals surface area contributed by atoms with Crippen LogP contribution in [0.25, 0.3) is 11.4 Å². The molecule has 2 N–H and O–H groups in total. The second-order valence-electron chi connectivity index (χ2n) is 5.90. The maximum atomic E-state index is 11.5. The van der Waals surface area contributed by atoms with Crippen LogP contribution in [0.5, 0.6) is 5.75 Å². The van der Waals surface area contributed by atoms with Gasteiger partial charge in [-0.25, -0.2) is 9.78 Å². The van der Waals surface area contributed by atoms with Crippen molar-refractivity contribution in [3.63, 3.8) is 0 Å². The summed E-state index contributed by atoms with van der Waals surface area (Å²) >= 11 is 0. The number of H-pyrrole nitrogens is 1. The largest absolute Gasteiger partial charge is 0.494 e. The van der Waals surface area contributed by atoms with Crippen molar-refractivity contribution >= 4 is 5.97 Å². The Morgan fingerprint density at radius 2 is 2.04 bits per heavy atom. The monoisotopic (exact) mass is 327 g/mol. The Bertz CT molecular complexity index is 832. The molecule has 0 fully saturated rings. The third kappa shape index (κ3) is 4.43. The highest BCUT2D eigenvalue weighted by molar-refractivity contribution is 5.85. The van der Waals surface area contributed by atoms with Crippen LogP contribution >= 0.6 is 0 Å². The van der Waals surface area contributed by atoms with Gasteiger partial charge in [0.15, 0.2) is 5.69 Å². The molecule has 0 bridgehead atoms. The van der Waals surface area contributed by atoms with Gasteiger partial charge in [-0.15, -0.1) is 0 Å². The van der Waals surface area contributed by atoms with E-state index in [1.54, 1.807) is 24.3 Å². The summed E-state index contributed by atoms with van der Waals surface area (Å²) in [6.07, 6.45) is 0.598. The van der Waals surface area contributed by atoms with Crippen LogP contribution in [0.1, 0.15) is 30.8 Å². The molecule has 24 heavy (non-hydrogen) atoms. The molecule has 2 aromatic rings. The topological polar surface area (TPSA) is 116 Å². The molecule has 2 rings (SSSR count). The van der Waals surface area contributed by atoms with Crippen LogP contribution in [0.3, 0.4) is 0 Å². The third-order valence-corrected chi connectivity index (χ3v) is 3.39. The third-order valence-electron chi connectivity index (χ3n) is 3.39. The number of rotatable bonds is 6. The lowest BCUT2D eigenvalue weighted by atomic mass is 9.92. The molecule has 0 spiro atoms. The second kappa shape index (κ2) is 6.96. The van der Waals surface area contributed by atoms with Crippen molar-refractivity contribution in [2.45, 2.75) is 20.3 Å². The summed E-state index contributed by atoms with van der Waals surface area (Å²) in [5.74, 6) is -0.469. The van der Waals surface area contributed by atoms with E-state index in [4.69, 9.17) is 15.1 Å². The molecule has 0 amide bonds. The number of carbonyl (C=O) groups is 1. The Hall–Kier alpha value is -3.14. The number of ether oxygens (including phenoxy) is 1. The Balaban J connectivity index is 2.11. The van der Waals surface area contributed by atoms with Crippen LogP contribution in [0, 0.1) is 16.7 Å². The molecule has 124 valence electrons. The van der Waals surface area contributed by atoms with Gasteiger partial charge in [0, 0.05) is 11.6 Å². The summed E-state index contributed by atoms with van der Waals surface area (Å²) < 4.78 is 5.58. The van der Waals surface area contributed by atoms with Gasteiger partial charge in [0.2, 0.25) is 0 Å². The van der Waals surface area contributed by atoms with E-state index in [0.717, 1.165) is 6.07 Å². The summed E-state index contributed by atoms with van der Waals surface area (Å²) in [5.41, 5.74) is -0.718. The molecule has 0 aliphatic carbocycles. The average Bonchev–Trinajstić information content (AvgIpc) is 2.54. The molecule has 0 saturated heterocycles. The summed E-state index contributed by atoms with van der Waals surface area (Å²) in [6.45, 7) is 4.09. The molecule has 0 unspecified atom stereocenters. The Labute approximate surface area is 138 Å². The normalized spacial score (nSPS) is 10.9. The summed E-state index contributed by atoms with van der Waals surface area (Å²) in [5, 5.41) is 17.9. The van der Waals surface area contributed by atoms with Crippen LogP contribution in [0.4, 0.5) is 0 Å². The van der Waals surface area contributed by atoms with Crippen molar-refractivity contribution in [2.75, 3.05) is 6.61 Å². The van der Waals surface area contributed by atoms with Crippen LogP contribution < -0.4 is 10.3 Å². The number of nitriles is 1. The van der Waals surface area contributed by atoms with Crippen molar-refractivity contribution in [3.8, 4) is 23.2 Å². The van der Waals surface area contributed by atoms with Gasteiger partial charge in [-0.05, 0) is 44.5 Å². The van der Waals surface area contributed by atoms with Crippen molar-refractivity contribution in [1.82, 2.24) is 9.97 Å². The molecule has 7 heteroatoms. The lowest BCUT2D eigenvalue weighted by Gasteiger charge is -2.15. The fourth-order valence-corrected chi connectivity index (χ4v) is 1.89. The molecule has 1 heterocycles. The van der Waals surface area contributed by atoms with E-state index in [0.29, 0.717) is 24.3 Å². The maximum Gasteiger partial charge on any atom is 0.354 e. The second-order valence-corrected chi connectivity index (χ2v) is 5.90. The van der Waals surface area contributed by atoms with Crippen LogP contribution in [-0.2, 0) is 0 Å². The minimum absolute atomic E-state index is 0.178. The fraction of sp³-hybridized carbons (Fsp3) is 0.294. The molecule has 0 saturated carbocycles. The molecule has 1 aromatic carbocycles. The van der Waals surface area contributed by atoms with Gasteiger partial charge in [0.05, 0.1) is 18.1 Å². The number of hydrogen-bond donors (Lipinski definition) is 2. The minimum Gasteiger partial charge on any atom is -0.494 e. The summed E-state index contributed by atoms with van der Waals surface area (Å²) in [6, 6.07) is 9.88. The number of aromatic amines is 1. The highest BCUT2D eigenvalue weighted by atomic mass is 16.5. The summed E-state index contributed by atoms with van der Waals surface area (Å²) in [7, 11) is 0. The molecular formula is C17H17N3O4. The molecule has 7 nitrogen and oxygen atoms in total. The first-order valence-electron chi connectivity index (χ1n) is 7.30. The highest BCUT2D eigenvalue weighted by Crippen LogP contribution is 2.22. The van der Waals surface area contributed by atoms with Gasteiger partial charge in [-0.2, -0.15) is 5.26 Å². The van der Waals surface area contributed by atoms with Gasteiger partial charge in [-0.1, -0.05) is 0 Å². The number of aromatic carboxylic acids is 1. The van der Waals surface area contributed by atoms with Crippen LogP contribution in [0.15, 0.2) is 35.1 Å². The van der Waals surface area contributed by atoms with E-state index in [2.05, 4.69) is 16.0 Å². The Kier molecular flexibility index (Phi) is 4.99. The van der Waals surface area contributed by atoms with Gasteiger partial charge >= 0.3 is 5.97 Å². The van der Waals surface area contributed by atoms with E-state index in [-0.39, 0.29) is 11.5 Å². The maximum absolute atomic E-state index is 11.5. The van der Waals surface area contributed by atoms with Crippen molar-refractivity contribution in [2.24, 2.45) is 5.41 Å². The van der Waals surface area contributed by atoms with Crippen molar-refractivity contribution in [1.29, 1.82) is 5.26 Å². The molecule has 1 aromatic heterocycles. The zero-order chi connectivity index (χ0) is 17.7. The molecule has 0 aliphatic heterocycles. The molecular weight excluding hydrogens is 310 g/mol. The Morgan fingerprint density at radius 1 is 1.38 bits per heavy atom. The van der Waals surface area contributed by atoms with E-state index < -0.39 is 16.9 Å². The van der Waals surface area contributed by atoms with Gasteiger partial charge in [0.1, 0.15) is 11.6 Å².